The number of hydrogen-bond donors (Lipinski definition) is 2. The summed E-state index contributed by atoms with van der Waals surface area (Å²) < 4.78 is 6.09. The number of aliphatic carboxylic acids is 1. The molecule has 1 aliphatic rings. The van der Waals surface area contributed by atoms with Crippen LogP contribution < -0.4 is 4.74 Å². The van der Waals surface area contributed by atoms with Crippen molar-refractivity contribution < 1.29 is 19.7 Å². The Morgan fingerprint density at radius 1 is 1.03 bits per heavy atom. The van der Waals surface area contributed by atoms with Crippen LogP contribution in [0.15, 0.2) is 60.7 Å². The predicted octanol–water partition coefficient (Wildman–Crippen LogP) is 4.35. The molecule has 0 aliphatic carbocycles. The minimum absolute atomic E-state index is 0.293. The van der Waals surface area contributed by atoms with Gasteiger partial charge in [0.25, 0.3) is 0 Å². The molecule has 1 saturated heterocycles. The first-order valence-corrected chi connectivity index (χ1v) is 9.87. The van der Waals surface area contributed by atoms with E-state index >= 15 is 0 Å². The molecule has 0 aromatic heterocycles. The summed E-state index contributed by atoms with van der Waals surface area (Å²) in [5.74, 6) is -0.0273. The van der Waals surface area contributed by atoms with Crippen LogP contribution in [0.4, 0.5) is 0 Å². The molecule has 1 heterocycles. The summed E-state index contributed by atoms with van der Waals surface area (Å²) in [6.45, 7) is 3.88. The highest BCUT2D eigenvalue weighted by Crippen LogP contribution is 2.32. The van der Waals surface area contributed by atoms with Gasteiger partial charge in [0.2, 0.25) is 5.60 Å². The Balaban J connectivity index is 1.46. The van der Waals surface area contributed by atoms with Crippen molar-refractivity contribution in [1.29, 1.82) is 0 Å². The predicted molar refractivity (Wildman–Crippen MR) is 112 cm³/mol. The molecule has 29 heavy (non-hydrogen) atoms. The van der Waals surface area contributed by atoms with E-state index in [1.165, 1.54) is 0 Å². The quantitative estimate of drug-likeness (QED) is 0.677. The number of likely N-dealkylation sites (tertiary alicyclic amines) is 1. The number of nitrogens with zero attached hydrogens (tertiary/aromatic N) is 1. The van der Waals surface area contributed by atoms with E-state index in [0.717, 1.165) is 28.4 Å². The number of phenolic OH excluding ortho intramolecular Hbond substituents is 1. The Morgan fingerprint density at radius 2 is 1.76 bits per heavy atom. The van der Waals surface area contributed by atoms with Gasteiger partial charge in [-0.05, 0) is 47.0 Å². The Morgan fingerprint density at radius 3 is 2.45 bits per heavy atom. The zero-order valence-electron chi connectivity index (χ0n) is 16.5. The van der Waals surface area contributed by atoms with Crippen LogP contribution >= 0.6 is 0 Å². The molecule has 0 bridgehead atoms. The van der Waals surface area contributed by atoms with Crippen molar-refractivity contribution in [2.24, 2.45) is 0 Å². The summed E-state index contributed by atoms with van der Waals surface area (Å²) in [7, 11) is 0. The van der Waals surface area contributed by atoms with E-state index in [0.29, 0.717) is 37.4 Å². The van der Waals surface area contributed by atoms with Crippen LogP contribution in [0, 0.1) is 6.92 Å². The average Bonchev–Trinajstić information content (AvgIpc) is 2.72. The molecule has 5 heteroatoms. The van der Waals surface area contributed by atoms with E-state index in [4.69, 9.17) is 4.74 Å². The number of carboxylic acids is 1. The van der Waals surface area contributed by atoms with E-state index in [9.17, 15) is 15.0 Å². The maximum atomic E-state index is 12.1. The number of hydrogen-bond acceptors (Lipinski definition) is 4. The second kappa shape index (κ2) is 7.76. The fourth-order valence-electron chi connectivity index (χ4n) is 3.96. The molecule has 0 amide bonds. The molecule has 1 aliphatic heterocycles. The summed E-state index contributed by atoms with van der Waals surface area (Å²) in [6.07, 6.45) is 0.846. The number of aryl methyl sites for hydroxylation is 1. The fraction of sp³-hybridized carbons (Fsp3) is 0.292. The van der Waals surface area contributed by atoms with Gasteiger partial charge in [0.1, 0.15) is 11.5 Å². The number of rotatable bonds is 5. The monoisotopic (exact) mass is 391 g/mol. The summed E-state index contributed by atoms with van der Waals surface area (Å²) in [5, 5.41) is 21.8. The smallest absolute Gasteiger partial charge is 0.348 e. The molecule has 0 radical (unpaired) electrons. The Bertz CT molecular complexity index is 1040. The van der Waals surface area contributed by atoms with Gasteiger partial charge < -0.3 is 14.9 Å². The van der Waals surface area contributed by atoms with Crippen molar-refractivity contribution in [1.82, 2.24) is 4.90 Å². The minimum Gasteiger partial charge on any atom is -0.508 e. The first-order chi connectivity index (χ1) is 13.9. The van der Waals surface area contributed by atoms with E-state index in [-0.39, 0.29) is 0 Å². The van der Waals surface area contributed by atoms with Crippen LogP contribution in [-0.4, -0.2) is 39.8 Å². The third-order valence-corrected chi connectivity index (χ3v) is 5.76. The Hall–Kier alpha value is -3.05. The molecular weight excluding hydrogens is 366 g/mol. The highest BCUT2D eigenvalue weighted by molar-refractivity contribution is 5.84. The van der Waals surface area contributed by atoms with Crippen LogP contribution in [0.2, 0.25) is 0 Å². The molecule has 4 rings (SSSR count). The molecule has 3 aromatic rings. The zero-order valence-corrected chi connectivity index (χ0v) is 16.5. The standard InChI is InChI=1S/C24H25NO4/c1-17-14-18(6-9-22(17)26)16-25-12-10-24(11-13-25,23(27)28)29-21-8-7-19-4-2-3-5-20(19)15-21/h2-9,14-15,26H,10-13,16H2,1H3,(H,27,28). The van der Waals surface area contributed by atoms with Gasteiger partial charge in [-0.3, -0.25) is 4.90 Å². The number of ether oxygens (including phenoxy) is 1. The molecule has 150 valence electrons. The van der Waals surface area contributed by atoms with Crippen LogP contribution in [0.3, 0.4) is 0 Å². The Kier molecular flexibility index (Phi) is 5.16. The third kappa shape index (κ3) is 4.05. The van der Waals surface area contributed by atoms with Gasteiger partial charge in [0, 0.05) is 32.5 Å². The topological polar surface area (TPSA) is 70.0 Å². The number of carbonyl (C=O) groups is 1. The number of phenols is 1. The molecular formula is C24H25NO4. The van der Waals surface area contributed by atoms with Crippen molar-refractivity contribution in [3.05, 3.63) is 71.8 Å². The van der Waals surface area contributed by atoms with Crippen LogP contribution in [0.1, 0.15) is 24.0 Å². The van der Waals surface area contributed by atoms with E-state index in [1.807, 2.05) is 61.5 Å². The SMILES string of the molecule is Cc1cc(CN2CCC(Oc3ccc4ccccc4c3)(C(=O)O)CC2)ccc1O. The highest BCUT2D eigenvalue weighted by atomic mass is 16.5. The van der Waals surface area contributed by atoms with Crippen LogP contribution in [-0.2, 0) is 11.3 Å². The number of piperidine rings is 1. The van der Waals surface area contributed by atoms with Crippen LogP contribution in [0.25, 0.3) is 10.8 Å². The molecule has 0 unspecified atom stereocenters. The van der Waals surface area contributed by atoms with Crippen molar-refractivity contribution in [3.63, 3.8) is 0 Å². The molecule has 5 nitrogen and oxygen atoms in total. The van der Waals surface area contributed by atoms with Gasteiger partial charge >= 0.3 is 5.97 Å². The summed E-state index contributed by atoms with van der Waals surface area (Å²) in [6, 6.07) is 19.3. The summed E-state index contributed by atoms with van der Waals surface area (Å²) >= 11 is 0. The van der Waals surface area contributed by atoms with Crippen molar-refractivity contribution in [2.75, 3.05) is 13.1 Å². The lowest BCUT2D eigenvalue weighted by Gasteiger charge is -2.39. The number of fused-ring (bicyclic) bond motifs is 1. The molecule has 0 saturated carbocycles. The lowest BCUT2D eigenvalue weighted by molar-refractivity contribution is -0.159. The third-order valence-electron chi connectivity index (χ3n) is 5.76. The molecule has 0 atom stereocenters. The Labute approximate surface area is 170 Å². The van der Waals surface area contributed by atoms with Gasteiger partial charge in [0.15, 0.2) is 0 Å². The minimum atomic E-state index is -1.20. The van der Waals surface area contributed by atoms with Gasteiger partial charge in [-0.2, -0.15) is 0 Å². The highest BCUT2D eigenvalue weighted by Gasteiger charge is 2.44. The number of carboxylic acid groups (broad SMARTS) is 1. The lowest BCUT2D eigenvalue weighted by Crippen LogP contribution is -2.53. The van der Waals surface area contributed by atoms with Gasteiger partial charge in [-0.25, -0.2) is 4.79 Å². The fourth-order valence-corrected chi connectivity index (χ4v) is 3.96. The van der Waals surface area contributed by atoms with Crippen LogP contribution in [0.5, 0.6) is 11.5 Å². The zero-order chi connectivity index (χ0) is 20.4. The molecule has 0 spiro atoms. The molecule has 1 fully saturated rings. The van der Waals surface area contributed by atoms with E-state index < -0.39 is 11.6 Å². The van der Waals surface area contributed by atoms with E-state index in [2.05, 4.69) is 4.90 Å². The van der Waals surface area contributed by atoms with Crippen molar-refractivity contribution in [3.8, 4) is 11.5 Å². The van der Waals surface area contributed by atoms with E-state index in [1.54, 1.807) is 6.07 Å². The maximum absolute atomic E-state index is 12.1. The van der Waals surface area contributed by atoms with Gasteiger partial charge in [0.05, 0.1) is 0 Å². The lowest BCUT2D eigenvalue weighted by atomic mass is 9.90. The first kappa shape index (κ1) is 19.3. The largest absolute Gasteiger partial charge is 0.508 e. The number of aromatic hydroxyl groups is 1. The van der Waals surface area contributed by atoms with Gasteiger partial charge in [-0.15, -0.1) is 0 Å². The first-order valence-electron chi connectivity index (χ1n) is 9.87. The average molecular weight is 391 g/mol. The second-order valence-electron chi connectivity index (χ2n) is 7.81. The molecule has 2 N–H and O–H groups in total. The maximum Gasteiger partial charge on any atom is 0.348 e. The number of benzene rings is 3. The van der Waals surface area contributed by atoms with Crippen molar-refractivity contribution >= 4 is 16.7 Å². The van der Waals surface area contributed by atoms with Crippen molar-refractivity contribution in [2.45, 2.75) is 31.9 Å². The normalized spacial score (nSPS) is 16.6. The second-order valence-corrected chi connectivity index (χ2v) is 7.81. The molecule has 3 aromatic carbocycles. The summed E-state index contributed by atoms with van der Waals surface area (Å²) in [4.78, 5) is 14.4. The van der Waals surface area contributed by atoms with Gasteiger partial charge in [-0.1, -0.05) is 42.5 Å². The summed E-state index contributed by atoms with van der Waals surface area (Å²) in [5.41, 5.74) is 0.752.